The number of imidazole rings is 1. The number of carbonyl (C=O) groups is 2. The van der Waals surface area contributed by atoms with E-state index >= 15 is 4.39 Å². The van der Waals surface area contributed by atoms with E-state index in [9.17, 15) is 34.2 Å². The molecule has 0 amide bonds. The van der Waals surface area contributed by atoms with Crippen LogP contribution in [0.4, 0.5) is 10.2 Å². The number of nitrogen functional groups attached to an aromatic ring is 1. The molecule has 67 heavy (non-hydrogen) atoms. The van der Waals surface area contributed by atoms with Crippen LogP contribution in [-0.4, -0.2) is 114 Å². The summed E-state index contributed by atoms with van der Waals surface area (Å²) in [5, 5.41) is 21.5. The van der Waals surface area contributed by atoms with Gasteiger partial charge in [0.15, 0.2) is 30.0 Å². The zero-order chi connectivity index (χ0) is 48.2. The predicted octanol–water partition coefficient (Wildman–Crippen LogP) is 5.64. The molecule has 24 heteroatoms. The number of carbonyl (C=O) groups excluding carboxylic acids is 2. The molecule has 2 aliphatic rings. The first kappa shape index (κ1) is 50.1. The molecule has 2 aliphatic heterocycles. The number of hydrogen-bond acceptors (Lipinski definition) is 18. The topological polar surface area (TPSA) is 276 Å². The van der Waals surface area contributed by atoms with E-state index in [1.807, 2.05) is 55.5 Å². The van der Waals surface area contributed by atoms with Gasteiger partial charge in [-0.05, 0) is 70.7 Å². The van der Waals surface area contributed by atoms with Gasteiger partial charge in [-0.3, -0.25) is 13.9 Å². The van der Waals surface area contributed by atoms with Gasteiger partial charge in [0, 0.05) is 12.8 Å². The summed E-state index contributed by atoms with van der Waals surface area (Å²) >= 11 is 4.95. The first-order valence-corrected chi connectivity index (χ1v) is 25.2. The molecular weight excluding hydrogens is 940 g/mol. The Bertz CT molecular complexity index is 2610. The molecule has 0 aliphatic carbocycles. The van der Waals surface area contributed by atoms with Gasteiger partial charge in [0.2, 0.25) is 6.29 Å². The molecule has 360 valence electrons. The zero-order valence-corrected chi connectivity index (χ0v) is 39.1. The molecule has 5 unspecified atom stereocenters. The van der Waals surface area contributed by atoms with E-state index in [1.54, 1.807) is 38.1 Å². The van der Waals surface area contributed by atoms with Crippen molar-refractivity contribution in [1.29, 1.82) is 0 Å². The lowest BCUT2D eigenvalue weighted by molar-refractivity contribution is -0.262. The Morgan fingerprint density at radius 2 is 1.52 bits per heavy atom. The number of rotatable bonds is 18. The van der Waals surface area contributed by atoms with Gasteiger partial charge in [-0.25, -0.2) is 33.0 Å². The third-order valence-corrected chi connectivity index (χ3v) is 14.8. The van der Waals surface area contributed by atoms with Crippen LogP contribution in [0.25, 0.3) is 33.4 Å². The van der Waals surface area contributed by atoms with E-state index < -0.39 is 101 Å². The molecule has 4 heterocycles. The number of anilines is 1. The monoisotopic (exact) mass is 989 g/mol. The molecule has 2 fully saturated rings. The largest absolute Gasteiger partial charge is 0.494 e. The SMILES string of the molecule is CCCOc1ccc(-c2ccc(-c3ccc(C(=O)OC[C@H](F)C4O[C@@H](OP(=O)(O)OP(O)(=S)OC[C@H]5O[C@@H](n6cnc7c(N)ncnc76)[C@@H](O)C5O)C(OC(C)=O)[C@@H](C)[C@@H]4C)cc3)cc2)cc1. The van der Waals surface area contributed by atoms with Crippen LogP contribution < -0.4 is 10.5 Å². The van der Waals surface area contributed by atoms with Gasteiger partial charge >= 0.3 is 26.5 Å². The first-order valence-electron chi connectivity index (χ1n) is 21.1. The molecule has 2 saturated heterocycles. The second-order valence-electron chi connectivity index (χ2n) is 16.0. The van der Waals surface area contributed by atoms with Gasteiger partial charge in [0.05, 0.1) is 31.2 Å². The van der Waals surface area contributed by atoms with Gasteiger partial charge in [-0.15, -0.1) is 0 Å². The summed E-state index contributed by atoms with van der Waals surface area (Å²) in [6, 6.07) is 22.3. The third kappa shape index (κ3) is 11.9. The number of phosphoric ester groups is 1. The fourth-order valence-electron chi connectivity index (χ4n) is 7.63. The summed E-state index contributed by atoms with van der Waals surface area (Å²) in [6.07, 6.45) is -9.32. The molecule has 7 rings (SSSR count). The van der Waals surface area contributed by atoms with Gasteiger partial charge in [-0.1, -0.05) is 69.3 Å². The minimum absolute atomic E-state index is 0.0572. The summed E-state index contributed by atoms with van der Waals surface area (Å²) in [5.74, 6) is -2.30. The van der Waals surface area contributed by atoms with Crippen molar-refractivity contribution in [2.45, 2.75) is 83.3 Å². The van der Waals surface area contributed by atoms with Crippen LogP contribution in [0, 0.1) is 11.8 Å². The standard InChI is InChI=1S/C43H50FN5O15P2S/c1-5-18-57-31-16-14-29(15-17-31)27-8-6-26(7-9-27)28-10-12-30(13-11-28)42(53)58-19-32(44)37-23(2)24(3)38(60-25(4)50)43(62-37)63-65(54,55)64-66(56,67)59-20-33-35(51)36(52)41(61-33)49-22-48-34-39(45)46-21-47-40(34)49/h6-17,21-24,32-33,35-38,41,43,51-52H,5,18-20H2,1-4H3,(H,54,55)(H,56,67)(H2,45,46,47)/t23-,24-,32-,33+,35?,36-,37?,38?,41+,43-,66?/m0/s1. The van der Waals surface area contributed by atoms with Gasteiger partial charge < -0.3 is 53.9 Å². The molecule has 0 spiro atoms. The molecule has 3 aromatic carbocycles. The van der Waals surface area contributed by atoms with Gasteiger partial charge in [0.1, 0.15) is 42.5 Å². The molecule has 20 nitrogen and oxygen atoms in total. The number of nitrogens with two attached hydrogens (primary N) is 1. The summed E-state index contributed by atoms with van der Waals surface area (Å²) in [4.78, 5) is 58.8. The number of aliphatic hydroxyl groups is 2. The summed E-state index contributed by atoms with van der Waals surface area (Å²) < 4.78 is 73.8. The summed E-state index contributed by atoms with van der Waals surface area (Å²) in [7, 11) is -5.51. The number of phosphoric acid groups is 1. The van der Waals surface area contributed by atoms with E-state index in [0.29, 0.717) is 6.61 Å². The predicted molar refractivity (Wildman–Crippen MR) is 241 cm³/mol. The van der Waals surface area contributed by atoms with Crippen LogP contribution in [0.1, 0.15) is 50.7 Å². The number of nitrogens with zero attached hydrogens (tertiary/aromatic N) is 4. The Morgan fingerprint density at radius 3 is 2.13 bits per heavy atom. The number of hydrogen-bond donors (Lipinski definition) is 5. The van der Waals surface area contributed by atoms with Crippen molar-refractivity contribution >= 4 is 55.3 Å². The van der Waals surface area contributed by atoms with Crippen molar-refractivity contribution in [2.75, 3.05) is 25.6 Å². The van der Waals surface area contributed by atoms with Crippen LogP contribution >= 0.6 is 14.5 Å². The Labute approximate surface area is 388 Å². The van der Waals surface area contributed by atoms with Crippen LogP contribution in [0.2, 0.25) is 0 Å². The lowest BCUT2D eigenvalue weighted by Crippen LogP contribution is -2.55. The van der Waals surface area contributed by atoms with Crippen molar-refractivity contribution in [1.82, 2.24) is 19.5 Å². The number of alkyl halides is 1. The lowest BCUT2D eigenvalue weighted by atomic mass is 9.82. The van der Waals surface area contributed by atoms with Crippen LogP contribution in [0.5, 0.6) is 5.75 Å². The quantitative estimate of drug-likeness (QED) is 0.0525. The Kier molecular flexibility index (Phi) is 15.9. The van der Waals surface area contributed by atoms with Crippen LogP contribution in [0.15, 0.2) is 85.5 Å². The highest BCUT2D eigenvalue weighted by Gasteiger charge is 2.51. The number of halogens is 1. The molecule has 0 bridgehead atoms. The number of fused-ring (bicyclic) bond motifs is 1. The highest BCUT2D eigenvalue weighted by atomic mass is 32.5. The van der Waals surface area contributed by atoms with Gasteiger partial charge in [-0.2, -0.15) is 0 Å². The molecule has 12 atom stereocenters. The normalized spacial score (nSPS) is 26.3. The van der Waals surface area contributed by atoms with E-state index in [-0.39, 0.29) is 22.5 Å². The average molecular weight is 990 g/mol. The molecule has 0 saturated carbocycles. The maximum atomic E-state index is 16.0. The number of aliphatic hydroxyl groups excluding tert-OH is 2. The molecule has 0 radical (unpaired) electrons. The van der Waals surface area contributed by atoms with E-state index in [0.717, 1.165) is 47.7 Å². The van der Waals surface area contributed by atoms with Crippen molar-refractivity contribution in [3.63, 3.8) is 0 Å². The lowest BCUT2D eigenvalue weighted by Gasteiger charge is -2.44. The average Bonchev–Trinajstić information content (AvgIpc) is 3.86. The Morgan fingerprint density at radius 1 is 0.910 bits per heavy atom. The van der Waals surface area contributed by atoms with Crippen molar-refractivity contribution in [2.24, 2.45) is 11.8 Å². The highest BCUT2D eigenvalue weighted by molar-refractivity contribution is 8.08. The number of benzene rings is 3. The fourth-order valence-corrected chi connectivity index (χ4v) is 10.7. The second kappa shape index (κ2) is 21.2. The smallest absolute Gasteiger partial charge is 0.481 e. The molecule has 6 N–H and O–H groups in total. The Hall–Kier alpha value is -4.80. The maximum Gasteiger partial charge on any atom is 0.481 e. The minimum atomic E-state index is -5.51. The van der Waals surface area contributed by atoms with E-state index in [1.165, 1.54) is 10.9 Å². The number of ether oxygens (including phenoxy) is 5. The van der Waals surface area contributed by atoms with Gasteiger partial charge in [0.25, 0.3) is 0 Å². The number of esters is 2. The second-order valence-corrected chi connectivity index (χ2v) is 20.3. The number of aromatic nitrogens is 4. The van der Waals surface area contributed by atoms with E-state index in [4.69, 9.17) is 54.6 Å². The molecule has 5 aromatic rings. The highest BCUT2D eigenvalue weighted by Crippen LogP contribution is 2.62. The van der Waals surface area contributed by atoms with Crippen molar-refractivity contribution in [3.05, 3.63) is 91.0 Å². The van der Waals surface area contributed by atoms with Crippen LogP contribution in [-0.2, 0) is 53.5 Å². The summed E-state index contributed by atoms with van der Waals surface area (Å²) in [6.45, 7) is 0.624. The van der Waals surface area contributed by atoms with Crippen molar-refractivity contribution in [3.8, 4) is 28.0 Å². The zero-order valence-electron chi connectivity index (χ0n) is 36.5. The van der Waals surface area contributed by atoms with Crippen LogP contribution in [0.3, 0.4) is 0 Å². The molecule has 2 aromatic heterocycles. The van der Waals surface area contributed by atoms with Crippen molar-refractivity contribution < 1.29 is 75.6 Å². The Balaban J connectivity index is 0.937. The minimum Gasteiger partial charge on any atom is -0.494 e. The summed E-state index contributed by atoms with van der Waals surface area (Å²) in [5.41, 5.74) is 10.1. The molecular formula is C43H50FN5O15P2S. The van der Waals surface area contributed by atoms with E-state index in [2.05, 4.69) is 15.0 Å². The third-order valence-electron chi connectivity index (χ3n) is 11.3. The maximum absolute atomic E-state index is 16.0. The fraction of sp³-hybridized carbons (Fsp3) is 0.419. The first-order chi connectivity index (χ1) is 31.8.